The van der Waals surface area contributed by atoms with Crippen LogP contribution in [0.25, 0.3) is 0 Å². The van der Waals surface area contributed by atoms with Crippen LogP contribution >= 0.6 is 15.9 Å². The number of nitrogens with one attached hydrogen (secondary N) is 1. The first kappa shape index (κ1) is 16.9. The molecule has 2 fully saturated rings. The molecule has 0 bridgehead atoms. The van der Waals surface area contributed by atoms with E-state index in [1.54, 1.807) is 7.11 Å². The topological polar surface area (TPSA) is 65.5 Å². The standard InChI is InChI=1S/C16H24BrN3O3/c1-10-3-5-11(6-4-10)18-16-19-13(9-21-2)14(17)15(20-16)23-12-7-22-8-12/h10-12H,3-9H2,1-2H3,(H,18,19,20)/t10-,11+. The quantitative estimate of drug-likeness (QED) is 0.810. The van der Waals surface area contributed by atoms with Crippen molar-refractivity contribution in [2.45, 2.75) is 51.4 Å². The monoisotopic (exact) mass is 385 g/mol. The number of hydrogen-bond donors (Lipinski definition) is 1. The Balaban J connectivity index is 1.74. The molecule has 128 valence electrons. The zero-order valence-electron chi connectivity index (χ0n) is 13.7. The van der Waals surface area contributed by atoms with E-state index in [0.717, 1.165) is 28.9 Å². The Morgan fingerprint density at radius 3 is 2.57 bits per heavy atom. The molecule has 0 amide bonds. The number of aromatic nitrogens is 2. The van der Waals surface area contributed by atoms with Gasteiger partial charge in [0.25, 0.3) is 0 Å². The molecule has 0 spiro atoms. The molecule has 1 aliphatic carbocycles. The van der Waals surface area contributed by atoms with E-state index in [4.69, 9.17) is 14.2 Å². The Kier molecular flexibility index (Phi) is 5.71. The molecule has 1 saturated carbocycles. The summed E-state index contributed by atoms with van der Waals surface area (Å²) >= 11 is 3.53. The fraction of sp³-hybridized carbons (Fsp3) is 0.750. The van der Waals surface area contributed by atoms with Gasteiger partial charge in [-0.3, -0.25) is 0 Å². The Morgan fingerprint density at radius 2 is 1.96 bits per heavy atom. The molecule has 2 aliphatic rings. The van der Waals surface area contributed by atoms with Gasteiger partial charge in [0.05, 0.1) is 25.5 Å². The fourth-order valence-corrected chi connectivity index (χ4v) is 3.26. The summed E-state index contributed by atoms with van der Waals surface area (Å²) in [5.41, 5.74) is 0.796. The van der Waals surface area contributed by atoms with E-state index < -0.39 is 0 Å². The minimum absolute atomic E-state index is 0.0694. The Morgan fingerprint density at radius 1 is 1.22 bits per heavy atom. The zero-order chi connectivity index (χ0) is 16.2. The highest BCUT2D eigenvalue weighted by Gasteiger charge is 2.25. The van der Waals surface area contributed by atoms with Gasteiger partial charge < -0.3 is 19.5 Å². The first-order valence-electron chi connectivity index (χ1n) is 8.22. The van der Waals surface area contributed by atoms with E-state index >= 15 is 0 Å². The molecule has 0 radical (unpaired) electrons. The molecule has 6 nitrogen and oxygen atoms in total. The van der Waals surface area contributed by atoms with Gasteiger partial charge in [-0.15, -0.1) is 0 Å². The maximum Gasteiger partial charge on any atom is 0.233 e. The summed E-state index contributed by atoms with van der Waals surface area (Å²) in [6, 6.07) is 0.433. The molecule has 1 aromatic heterocycles. The summed E-state index contributed by atoms with van der Waals surface area (Å²) in [5, 5.41) is 3.47. The van der Waals surface area contributed by atoms with Gasteiger partial charge in [0.15, 0.2) is 0 Å². The minimum atomic E-state index is 0.0694. The second-order valence-electron chi connectivity index (χ2n) is 6.42. The molecule has 0 aromatic carbocycles. The van der Waals surface area contributed by atoms with Crippen molar-refractivity contribution in [3.05, 3.63) is 10.2 Å². The van der Waals surface area contributed by atoms with Crippen LogP contribution in [-0.2, 0) is 16.1 Å². The van der Waals surface area contributed by atoms with Gasteiger partial charge in [-0.05, 0) is 47.5 Å². The summed E-state index contributed by atoms with van der Waals surface area (Å²) in [4.78, 5) is 9.13. The van der Waals surface area contributed by atoms with Gasteiger partial charge in [0, 0.05) is 13.2 Å². The van der Waals surface area contributed by atoms with Crippen LogP contribution in [0.5, 0.6) is 5.88 Å². The molecule has 0 atom stereocenters. The van der Waals surface area contributed by atoms with E-state index in [2.05, 4.69) is 38.1 Å². The summed E-state index contributed by atoms with van der Waals surface area (Å²) in [6.45, 7) is 3.95. The maximum absolute atomic E-state index is 5.90. The first-order valence-corrected chi connectivity index (χ1v) is 9.01. The van der Waals surface area contributed by atoms with E-state index in [1.807, 2.05) is 0 Å². The summed E-state index contributed by atoms with van der Waals surface area (Å²) in [6.07, 6.45) is 4.89. The third kappa shape index (κ3) is 4.33. The normalized spacial score (nSPS) is 25.0. The number of ether oxygens (including phenoxy) is 3. The largest absolute Gasteiger partial charge is 0.468 e. The highest BCUT2D eigenvalue weighted by molar-refractivity contribution is 9.10. The molecular formula is C16H24BrN3O3. The van der Waals surface area contributed by atoms with Crippen molar-refractivity contribution in [1.29, 1.82) is 0 Å². The van der Waals surface area contributed by atoms with Crippen LogP contribution in [0.15, 0.2) is 4.47 Å². The fourth-order valence-electron chi connectivity index (χ4n) is 2.87. The summed E-state index contributed by atoms with van der Waals surface area (Å²) in [7, 11) is 1.66. The first-order chi connectivity index (χ1) is 11.2. The molecule has 23 heavy (non-hydrogen) atoms. The number of methoxy groups -OCH3 is 1. The minimum Gasteiger partial charge on any atom is -0.468 e. The predicted octanol–water partition coefficient (Wildman–Crippen LogP) is 3.15. The van der Waals surface area contributed by atoms with Crippen molar-refractivity contribution < 1.29 is 14.2 Å². The van der Waals surface area contributed by atoms with Crippen molar-refractivity contribution in [2.24, 2.45) is 5.92 Å². The second-order valence-corrected chi connectivity index (χ2v) is 7.22. The highest BCUT2D eigenvalue weighted by atomic mass is 79.9. The number of hydrogen-bond acceptors (Lipinski definition) is 6. The molecule has 1 N–H and O–H groups in total. The Bertz CT molecular complexity index is 532. The van der Waals surface area contributed by atoms with Crippen molar-refractivity contribution in [2.75, 3.05) is 25.6 Å². The van der Waals surface area contributed by atoms with E-state index in [-0.39, 0.29) is 6.10 Å². The van der Waals surface area contributed by atoms with Gasteiger partial charge in [-0.25, -0.2) is 4.98 Å². The van der Waals surface area contributed by atoms with Crippen LogP contribution in [0.3, 0.4) is 0 Å². The number of rotatable bonds is 6. The summed E-state index contributed by atoms with van der Waals surface area (Å²) < 4.78 is 17.1. The van der Waals surface area contributed by atoms with Gasteiger partial charge >= 0.3 is 0 Å². The predicted molar refractivity (Wildman–Crippen MR) is 90.7 cm³/mol. The third-order valence-electron chi connectivity index (χ3n) is 4.41. The third-order valence-corrected chi connectivity index (χ3v) is 5.20. The lowest BCUT2D eigenvalue weighted by molar-refractivity contribution is -0.0817. The number of nitrogens with zero attached hydrogens (tertiary/aromatic N) is 2. The summed E-state index contributed by atoms with van der Waals surface area (Å²) in [5.74, 6) is 2.00. The zero-order valence-corrected chi connectivity index (χ0v) is 15.3. The van der Waals surface area contributed by atoms with Crippen molar-refractivity contribution in [1.82, 2.24) is 9.97 Å². The van der Waals surface area contributed by atoms with Gasteiger partial charge in [0.2, 0.25) is 11.8 Å². The number of anilines is 1. The van der Waals surface area contributed by atoms with E-state index in [1.165, 1.54) is 12.8 Å². The van der Waals surface area contributed by atoms with Crippen LogP contribution < -0.4 is 10.1 Å². The van der Waals surface area contributed by atoms with Gasteiger partial charge in [-0.1, -0.05) is 6.92 Å². The van der Waals surface area contributed by atoms with Crippen LogP contribution in [0, 0.1) is 5.92 Å². The average Bonchev–Trinajstić information content (AvgIpc) is 2.49. The lowest BCUT2D eigenvalue weighted by atomic mass is 9.87. The smallest absolute Gasteiger partial charge is 0.233 e. The lowest BCUT2D eigenvalue weighted by Gasteiger charge is -2.28. The van der Waals surface area contributed by atoms with Crippen molar-refractivity contribution >= 4 is 21.9 Å². The van der Waals surface area contributed by atoms with Crippen LogP contribution in [-0.4, -0.2) is 42.4 Å². The molecular weight excluding hydrogens is 362 g/mol. The molecule has 7 heteroatoms. The molecule has 1 aliphatic heterocycles. The Labute approximate surface area is 145 Å². The van der Waals surface area contributed by atoms with Crippen LogP contribution in [0.4, 0.5) is 5.95 Å². The SMILES string of the molecule is COCc1nc(N[C@H]2CC[C@@H](C)CC2)nc(OC2COC2)c1Br. The van der Waals surface area contributed by atoms with E-state index in [0.29, 0.717) is 37.7 Å². The Hall–Kier alpha value is -0.920. The number of halogens is 1. The molecule has 1 aromatic rings. The van der Waals surface area contributed by atoms with Gasteiger partial charge in [-0.2, -0.15) is 4.98 Å². The van der Waals surface area contributed by atoms with Crippen molar-refractivity contribution in [3.8, 4) is 5.88 Å². The molecule has 0 unspecified atom stereocenters. The van der Waals surface area contributed by atoms with Crippen molar-refractivity contribution in [3.63, 3.8) is 0 Å². The molecule has 2 heterocycles. The average molecular weight is 386 g/mol. The second kappa shape index (κ2) is 7.77. The van der Waals surface area contributed by atoms with Crippen LogP contribution in [0.2, 0.25) is 0 Å². The highest BCUT2D eigenvalue weighted by Crippen LogP contribution is 2.31. The molecule has 3 rings (SSSR count). The lowest BCUT2D eigenvalue weighted by Crippen LogP contribution is -2.39. The van der Waals surface area contributed by atoms with Crippen LogP contribution in [0.1, 0.15) is 38.3 Å². The van der Waals surface area contributed by atoms with Gasteiger partial charge in [0.1, 0.15) is 10.6 Å². The molecule has 1 saturated heterocycles. The van der Waals surface area contributed by atoms with E-state index in [9.17, 15) is 0 Å². The maximum atomic E-state index is 5.90.